The third kappa shape index (κ3) is 3.19. The van der Waals surface area contributed by atoms with Crippen molar-refractivity contribution in [3.8, 4) is 17.5 Å². The fraction of sp³-hybridized carbons (Fsp3) is 0.0556. The molecular formula is C18H13FN4O2. The summed E-state index contributed by atoms with van der Waals surface area (Å²) < 4.78 is 20.3. The zero-order chi connectivity index (χ0) is 17.8. The summed E-state index contributed by atoms with van der Waals surface area (Å²) in [5, 5.41) is 15.5. The van der Waals surface area contributed by atoms with E-state index in [9.17, 15) is 14.4 Å². The summed E-state index contributed by atoms with van der Waals surface area (Å²) in [7, 11) is 1.49. The molecular weight excluding hydrogens is 323 g/mol. The smallest absolute Gasteiger partial charge is 0.256 e. The summed E-state index contributed by atoms with van der Waals surface area (Å²) in [5.41, 5.74) is 0.494. The molecule has 1 amide bonds. The molecule has 0 aliphatic carbocycles. The topological polar surface area (TPSA) is 79.9 Å². The maximum Gasteiger partial charge on any atom is 0.256 e. The lowest BCUT2D eigenvalue weighted by molar-refractivity contribution is 0.102. The summed E-state index contributed by atoms with van der Waals surface area (Å²) in [4.78, 5) is 12.5. The molecule has 0 atom stereocenters. The Kier molecular flexibility index (Phi) is 4.44. The molecule has 0 fully saturated rings. The van der Waals surface area contributed by atoms with Crippen molar-refractivity contribution in [3.63, 3.8) is 0 Å². The van der Waals surface area contributed by atoms with Gasteiger partial charge in [0.05, 0.1) is 12.8 Å². The van der Waals surface area contributed by atoms with Gasteiger partial charge in [-0.2, -0.15) is 9.65 Å². The third-order valence-corrected chi connectivity index (χ3v) is 3.52. The van der Waals surface area contributed by atoms with Crippen LogP contribution in [0.1, 0.15) is 15.9 Å². The molecule has 124 valence electrons. The summed E-state index contributed by atoms with van der Waals surface area (Å²) >= 11 is 0. The van der Waals surface area contributed by atoms with Gasteiger partial charge in [0.25, 0.3) is 11.9 Å². The number of benzene rings is 2. The van der Waals surface area contributed by atoms with Gasteiger partial charge in [-0.15, -0.1) is 5.10 Å². The maximum absolute atomic E-state index is 14.0. The van der Waals surface area contributed by atoms with Gasteiger partial charge in [-0.3, -0.25) is 4.79 Å². The number of aromatic nitrogens is 2. The molecule has 0 radical (unpaired) electrons. The van der Waals surface area contributed by atoms with E-state index >= 15 is 0 Å². The van der Waals surface area contributed by atoms with Crippen LogP contribution < -0.4 is 10.1 Å². The van der Waals surface area contributed by atoms with E-state index in [1.54, 1.807) is 60.7 Å². The number of nitriles is 1. The molecule has 0 aliphatic heterocycles. The van der Waals surface area contributed by atoms with Crippen molar-refractivity contribution in [2.75, 3.05) is 12.4 Å². The molecule has 0 saturated heterocycles. The molecule has 0 unspecified atom stereocenters. The first-order chi connectivity index (χ1) is 12.1. The summed E-state index contributed by atoms with van der Waals surface area (Å²) in [6.07, 6.45) is 0. The maximum atomic E-state index is 14.0. The number of methoxy groups -OCH3 is 1. The zero-order valence-electron chi connectivity index (χ0n) is 13.2. The minimum Gasteiger partial charge on any atom is -0.497 e. The van der Waals surface area contributed by atoms with Crippen molar-refractivity contribution >= 4 is 11.7 Å². The minimum atomic E-state index is -0.952. The number of hydrogen-bond acceptors (Lipinski definition) is 4. The van der Waals surface area contributed by atoms with E-state index in [1.807, 2.05) is 0 Å². The molecule has 3 rings (SSSR count). The second-order valence-electron chi connectivity index (χ2n) is 5.06. The lowest BCUT2D eigenvalue weighted by Gasteiger charge is -2.10. The van der Waals surface area contributed by atoms with Crippen molar-refractivity contribution in [2.24, 2.45) is 0 Å². The molecule has 0 bridgehead atoms. The number of halogens is 1. The highest BCUT2D eigenvalue weighted by Crippen LogP contribution is 2.23. The standard InChI is InChI=1S/C18H13FN4O2/c1-25-14-9-5-6-12(10-14)18(24)21-17-15(11-20)16(19)22-23(17)13-7-3-2-4-8-13/h2-10H,1H3,(H,21,24). The van der Waals surface area contributed by atoms with Crippen LogP contribution in [0.2, 0.25) is 0 Å². The van der Waals surface area contributed by atoms with Crippen LogP contribution in [0.15, 0.2) is 54.6 Å². The van der Waals surface area contributed by atoms with E-state index < -0.39 is 11.9 Å². The molecule has 25 heavy (non-hydrogen) atoms. The Morgan fingerprint density at radius 3 is 2.68 bits per heavy atom. The Morgan fingerprint density at radius 1 is 1.24 bits per heavy atom. The minimum absolute atomic E-state index is 0.0287. The molecule has 0 aliphatic rings. The number of carbonyl (C=O) groups is 1. The van der Waals surface area contributed by atoms with Crippen molar-refractivity contribution in [1.29, 1.82) is 5.26 Å². The van der Waals surface area contributed by atoms with Gasteiger partial charge in [-0.1, -0.05) is 24.3 Å². The van der Waals surface area contributed by atoms with Crippen LogP contribution in [0.25, 0.3) is 5.69 Å². The first-order valence-electron chi connectivity index (χ1n) is 7.33. The van der Waals surface area contributed by atoms with Crippen molar-refractivity contribution < 1.29 is 13.9 Å². The van der Waals surface area contributed by atoms with Crippen LogP contribution >= 0.6 is 0 Å². The van der Waals surface area contributed by atoms with Crippen molar-refractivity contribution in [3.05, 3.63) is 71.7 Å². The largest absolute Gasteiger partial charge is 0.497 e. The van der Waals surface area contributed by atoms with Crippen LogP contribution in [0, 0.1) is 17.3 Å². The monoisotopic (exact) mass is 336 g/mol. The van der Waals surface area contributed by atoms with Gasteiger partial charge in [0.2, 0.25) is 0 Å². The number of ether oxygens (including phenoxy) is 1. The first kappa shape index (κ1) is 16.2. The van der Waals surface area contributed by atoms with Gasteiger partial charge in [0.15, 0.2) is 11.4 Å². The van der Waals surface area contributed by atoms with E-state index in [2.05, 4.69) is 10.4 Å². The second kappa shape index (κ2) is 6.84. The molecule has 3 aromatic rings. The third-order valence-electron chi connectivity index (χ3n) is 3.52. The van der Waals surface area contributed by atoms with Crippen LogP contribution in [-0.4, -0.2) is 22.8 Å². The van der Waals surface area contributed by atoms with Gasteiger partial charge in [-0.25, -0.2) is 4.68 Å². The number of anilines is 1. The molecule has 0 spiro atoms. The average molecular weight is 336 g/mol. The number of carbonyl (C=O) groups excluding carboxylic acids is 1. The number of amides is 1. The molecule has 1 N–H and O–H groups in total. The SMILES string of the molecule is COc1cccc(C(=O)Nc2c(C#N)c(F)nn2-c2ccccc2)c1. The zero-order valence-corrected chi connectivity index (χ0v) is 13.2. The Labute approximate surface area is 143 Å². The Bertz CT molecular complexity index is 961. The number of nitrogens with zero attached hydrogens (tertiary/aromatic N) is 3. The number of rotatable bonds is 4. The summed E-state index contributed by atoms with van der Waals surface area (Å²) in [5.74, 6) is -0.977. The van der Waals surface area contributed by atoms with E-state index in [4.69, 9.17) is 4.74 Å². The molecule has 2 aromatic carbocycles. The van der Waals surface area contributed by atoms with Gasteiger partial charge < -0.3 is 10.1 Å². The van der Waals surface area contributed by atoms with E-state index in [-0.39, 0.29) is 11.4 Å². The van der Waals surface area contributed by atoms with Crippen LogP contribution in [0.3, 0.4) is 0 Å². The fourth-order valence-electron chi connectivity index (χ4n) is 2.31. The number of hydrogen-bond donors (Lipinski definition) is 1. The van der Waals surface area contributed by atoms with Gasteiger partial charge in [0.1, 0.15) is 11.8 Å². The first-order valence-corrected chi connectivity index (χ1v) is 7.33. The molecule has 0 saturated carbocycles. The predicted molar refractivity (Wildman–Crippen MR) is 89.2 cm³/mol. The van der Waals surface area contributed by atoms with Crippen LogP contribution in [0.4, 0.5) is 10.2 Å². The van der Waals surface area contributed by atoms with Gasteiger partial charge in [-0.05, 0) is 30.3 Å². The molecule has 7 heteroatoms. The average Bonchev–Trinajstić information content (AvgIpc) is 2.97. The summed E-state index contributed by atoms with van der Waals surface area (Å²) in [6.45, 7) is 0. The molecule has 6 nitrogen and oxygen atoms in total. The van der Waals surface area contributed by atoms with Crippen molar-refractivity contribution in [2.45, 2.75) is 0 Å². The predicted octanol–water partition coefficient (Wildman–Crippen LogP) is 3.14. The lowest BCUT2D eigenvalue weighted by Crippen LogP contribution is -2.16. The molecule has 1 heterocycles. The van der Waals surface area contributed by atoms with Crippen LogP contribution in [0.5, 0.6) is 5.75 Å². The Hall–Kier alpha value is -3.66. The highest BCUT2D eigenvalue weighted by atomic mass is 19.1. The molecule has 1 aromatic heterocycles. The highest BCUT2D eigenvalue weighted by molar-refractivity contribution is 6.04. The number of para-hydroxylation sites is 1. The van der Waals surface area contributed by atoms with E-state index in [0.29, 0.717) is 17.0 Å². The Balaban J connectivity index is 2.02. The number of nitrogens with one attached hydrogen (secondary N) is 1. The normalized spacial score (nSPS) is 10.1. The fourth-order valence-corrected chi connectivity index (χ4v) is 2.31. The quantitative estimate of drug-likeness (QED) is 0.794. The second-order valence-corrected chi connectivity index (χ2v) is 5.06. The lowest BCUT2D eigenvalue weighted by atomic mass is 10.2. The highest BCUT2D eigenvalue weighted by Gasteiger charge is 2.21. The van der Waals surface area contributed by atoms with Gasteiger partial charge in [0, 0.05) is 5.56 Å². The van der Waals surface area contributed by atoms with Crippen molar-refractivity contribution in [1.82, 2.24) is 9.78 Å². The van der Waals surface area contributed by atoms with E-state index in [0.717, 1.165) is 0 Å². The van der Waals surface area contributed by atoms with Crippen LogP contribution in [-0.2, 0) is 0 Å². The summed E-state index contributed by atoms with van der Waals surface area (Å²) in [6, 6.07) is 16.9. The van der Waals surface area contributed by atoms with Gasteiger partial charge >= 0.3 is 0 Å². The Morgan fingerprint density at radius 2 is 2.00 bits per heavy atom. The van der Waals surface area contributed by atoms with E-state index in [1.165, 1.54) is 11.8 Å².